The maximum Gasteiger partial charge on any atom is 0.408 e. The molecule has 3 nitrogen and oxygen atoms in total. The molecule has 0 radical (unpaired) electrons. The van der Waals surface area contributed by atoms with E-state index < -0.39 is 8.32 Å². The van der Waals surface area contributed by atoms with Crippen molar-refractivity contribution in [2.45, 2.75) is 38.9 Å². The minimum absolute atomic E-state index is 0.0709. The van der Waals surface area contributed by atoms with E-state index in [1.54, 1.807) is 0 Å². The fourth-order valence-corrected chi connectivity index (χ4v) is 5.12. The molecule has 0 atom stereocenters. The number of rotatable bonds is 5. The molecule has 0 saturated heterocycles. The highest BCUT2D eigenvalue weighted by atomic mass is 79.9. The van der Waals surface area contributed by atoms with Crippen LogP contribution in [0.5, 0.6) is 0 Å². The summed E-state index contributed by atoms with van der Waals surface area (Å²) in [6, 6.07) is 21.7. The number of hydrogen-bond acceptors (Lipinski definition) is 3. The molecule has 0 bridgehead atoms. The molecule has 0 aromatic heterocycles. The average molecular weight is 481 g/mol. The molecule has 1 aliphatic rings. The lowest BCUT2D eigenvalue weighted by molar-refractivity contribution is 0.298. The lowest BCUT2D eigenvalue weighted by Gasteiger charge is -2.40. The molecule has 3 aromatic rings. The quantitative estimate of drug-likeness (QED) is 0.436. The topological polar surface area (TPSA) is 24.5 Å². The number of anilines is 2. The molecule has 0 amide bonds. The summed E-state index contributed by atoms with van der Waals surface area (Å²) in [4.78, 5) is 2.46. The van der Waals surface area contributed by atoms with Crippen LogP contribution in [0.1, 0.15) is 20.8 Å². The van der Waals surface area contributed by atoms with Crippen molar-refractivity contribution in [2.24, 2.45) is 0 Å². The number of benzene rings is 3. The van der Waals surface area contributed by atoms with E-state index in [9.17, 15) is 0 Å². The smallest absolute Gasteiger partial charge is 0.408 e. The van der Waals surface area contributed by atoms with Crippen LogP contribution < -0.4 is 15.5 Å². The third kappa shape index (κ3) is 4.05. The maximum absolute atomic E-state index is 6.55. The van der Waals surface area contributed by atoms with Gasteiger partial charge in [0.2, 0.25) is 0 Å². The van der Waals surface area contributed by atoms with Crippen LogP contribution in [0.25, 0.3) is 10.8 Å². The Morgan fingerprint density at radius 2 is 1.67 bits per heavy atom. The van der Waals surface area contributed by atoms with Crippen molar-refractivity contribution < 1.29 is 4.43 Å². The summed E-state index contributed by atoms with van der Waals surface area (Å²) in [5.74, 6) is 0. The minimum Gasteiger partial charge on any atom is -0.415 e. The van der Waals surface area contributed by atoms with Crippen molar-refractivity contribution in [3.63, 3.8) is 0 Å². The standard InChI is InChI=1S/C24H30BBrN2OSi/c1-24(2,3)30(4,5)29-17-16-28-22-11-7-9-18-8-6-10-21(23(18)22)27-25(28)19-12-14-20(26)15-13-19/h6-15,27H,16-17H2,1-5H3. The van der Waals surface area contributed by atoms with Crippen LogP contribution in [0, 0.1) is 0 Å². The molecule has 30 heavy (non-hydrogen) atoms. The molecule has 0 saturated carbocycles. The molecule has 1 aliphatic heterocycles. The van der Waals surface area contributed by atoms with Crippen molar-refractivity contribution in [2.75, 3.05) is 23.2 Å². The van der Waals surface area contributed by atoms with Gasteiger partial charge in [-0.05, 0) is 53.2 Å². The SMILES string of the molecule is CC(C)(C)[Si](C)(C)OCCN1B(c2ccc(Br)cc2)Nc2cccc3cccc1c23. The van der Waals surface area contributed by atoms with Gasteiger partial charge in [-0.1, -0.05) is 73.1 Å². The third-order valence-electron chi connectivity index (χ3n) is 6.58. The fourth-order valence-electron chi connectivity index (χ4n) is 3.82. The van der Waals surface area contributed by atoms with Crippen LogP contribution in [0.4, 0.5) is 11.4 Å². The van der Waals surface area contributed by atoms with Crippen LogP contribution in [-0.4, -0.2) is 28.5 Å². The predicted octanol–water partition coefficient (Wildman–Crippen LogP) is 6.25. The van der Waals surface area contributed by atoms with Crippen LogP contribution >= 0.6 is 15.9 Å². The fraction of sp³-hybridized carbons (Fsp3) is 0.333. The zero-order valence-electron chi connectivity index (χ0n) is 18.5. The number of nitrogens with one attached hydrogen (secondary N) is 1. The number of halogens is 1. The third-order valence-corrected chi connectivity index (χ3v) is 11.6. The Bertz CT molecular complexity index is 1040. The average Bonchev–Trinajstić information content (AvgIpc) is 2.69. The number of hydrogen-bond donors (Lipinski definition) is 1. The van der Waals surface area contributed by atoms with Crippen LogP contribution in [0.3, 0.4) is 0 Å². The summed E-state index contributed by atoms with van der Waals surface area (Å²) in [5.41, 5.74) is 3.71. The molecule has 0 fully saturated rings. The van der Waals surface area contributed by atoms with Crippen molar-refractivity contribution in [3.8, 4) is 0 Å². The first-order valence-corrected chi connectivity index (χ1v) is 14.3. The van der Waals surface area contributed by atoms with Gasteiger partial charge < -0.3 is 14.5 Å². The van der Waals surface area contributed by atoms with E-state index in [0.29, 0.717) is 0 Å². The molecular weight excluding hydrogens is 451 g/mol. The van der Waals surface area contributed by atoms with Gasteiger partial charge in [0.05, 0.1) is 6.61 Å². The maximum atomic E-state index is 6.55. The van der Waals surface area contributed by atoms with E-state index in [0.717, 1.165) is 17.6 Å². The van der Waals surface area contributed by atoms with Crippen molar-refractivity contribution in [1.82, 2.24) is 0 Å². The predicted molar refractivity (Wildman–Crippen MR) is 138 cm³/mol. The van der Waals surface area contributed by atoms with E-state index in [2.05, 4.69) is 120 Å². The van der Waals surface area contributed by atoms with Gasteiger partial charge in [0, 0.05) is 27.8 Å². The first-order valence-electron chi connectivity index (χ1n) is 10.6. The summed E-state index contributed by atoms with van der Waals surface area (Å²) in [5, 5.41) is 6.56. The second kappa shape index (κ2) is 8.06. The molecule has 1 heterocycles. The molecule has 1 N–H and O–H groups in total. The van der Waals surface area contributed by atoms with Gasteiger partial charge in [0.1, 0.15) is 0 Å². The Morgan fingerprint density at radius 3 is 2.33 bits per heavy atom. The Labute approximate surface area is 190 Å². The molecule has 156 valence electrons. The monoisotopic (exact) mass is 480 g/mol. The number of nitrogens with zero attached hydrogens (tertiary/aromatic N) is 1. The Hall–Kier alpha value is -1.76. The normalized spacial score (nSPS) is 14.2. The van der Waals surface area contributed by atoms with E-state index in [1.165, 1.54) is 27.6 Å². The van der Waals surface area contributed by atoms with E-state index in [4.69, 9.17) is 4.43 Å². The molecule has 6 heteroatoms. The highest BCUT2D eigenvalue weighted by Crippen LogP contribution is 2.38. The van der Waals surface area contributed by atoms with E-state index >= 15 is 0 Å². The van der Waals surface area contributed by atoms with E-state index in [-0.39, 0.29) is 12.0 Å². The van der Waals surface area contributed by atoms with Crippen LogP contribution in [-0.2, 0) is 4.43 Å². The van der Waals surface area contributed by atoms with Gasteiger partial charge >= 0.3 is 6.98 Å². The van der Waals surface area contributed by atoms with Gasteiger partial charge in [-0.3, -0.25) is 0 Å². The first kappa shape index (κ1) is 21.5. The highest BCUT2D eigenvalue weighted by Gasteiger charge is 2.38. The Balaban J connectivity index is 1.69. The van der Waals surface area contributed by atoms with Crippen LogP contribution in [0.2, 0.25) is 18.1 Å². The summed E-state index contributed by atoms with van der Waals surface area (Å²) in [6.07, 6.45) is 0. The largest absolute Gasteiger partial charge is 0.415 e. The molecular formula is C24H30BBrN2OSi. The summed E-state index contributed by atoms with van der Waals surface area (Å²) in [7, 11) is -1.79. The van der Waals surface area contributed by atoms with Gasteiger partial charge in [-0.25, -0.2) is 0 Å². The van der Waals surface area contributed by atoms with E-state index in [1.807, 2.05) is 0 Å². The minimum atomic E-state index is -1.79. The second-order valence-corrected chi connectivity index (χ2v) is 15.3. The zero-order chi connectivity index (χ0) is 21.5. The zero-order valence-corrected chi connectivity index (χ0v) is 21.1. The van der Waals surface area contributed by atoms with Crippen LogP contribution in [0.15, 0.2) is 65.1 Å². The first-order chi connectivity index (χ1) is 14.2. The molecule has 3 aromatic carbocycles. The summed E-state index contributed by atoms with van der Waals surface area (Å²) >= 11 is 3.57. The Kier molecular flexibility index (Phi) is 5.77. The van der Waals surface area contributed by atoms with Gasteiger partial charge in [0.15, 0.2) is 8.32 Å². The van der Waals surface area contributed by atoms with Gasteiger partial charge in [-0.15, -0.1) is 0 Å². The molecule has 4 rings (SSSR count). The Morgan fingerprint density at radius 1 is 1.00 bits per heavy atom. The summed E-state index contributed by atoms with van der Waals surface area (Å²) < 4.78 is 7.64. The highest BCUT2D eigenvalue weighted by molar-refractivity contribution is 9.10. The van der Waals surface area contributed by atoms with Crippen molar-refractivity contribution >= 4 is 58.8 Å². The van der Waals surface area contributed by atoms with Gasteiger partial charge in [-0.2, -0.15) is 0 Å². The molecule has 0 unspecified atom stereocenters. The van der Waals surface area contributed by atoms with Gasteiger partial charge in [0.25, 0.3) is 0 Å². The molecule has 0 aliphatic carbocycles. The molecule has 0 spiro atoms. The van der Waals surface area contributed by atoms with Crippen molar-refractivity contribution in [3.05, 3.63) is 65.1 Å². The lowest BCUT2D eigenvalue weighted by Crippen LogP contribution is -2.57. The lowest BCUT2D eigenvalue weighted by atomic mass is 9.63. The summed E-state index contributed by atoms with van der Waals surface area (Å²) in [6.45, 7) is 13.2. The van der Waals surface area contributed by atoms with Crippen molar-refractivity contribution in [1.29, 1.82) is 0 Å². The second-order valence-electron chi connectivity index (χ2n) is 9.58.